The maximum Gasteiger partial charge on any atom is 0.193 e. The van der Waals surface area contributed by atoms with E-state index in [1.807, 2.05) is 35.8 Å². The Bertz CT molecular complexity index is 774. The molecule has 2 aromatic rings. The molecule has 2 aliphatic rings. The molecule has 0 bridgehead atoms. The number of fused-ring (bicyclic) bond motifs is 1. The van der Waals surface area contributed by atoms with Crippen LogP contribution in [0.5, 0.6) is 0 Å². The number of likely N-dealkylation sites (tertiary alicyclic amines) is 1. The number of halogens is 1. The first-order valence-corrected chi connectivity index (χ1v) is 9.88. The van der Waals surface area contributed by atoms with E-state index in [0.29, 0.717) is 5.92 Å². The highest BCUT2D eigenvalue weighted by atomic mass is 127. The third-order valence-corrected chi connectivity index (χ3v) is 5.43. The minimum Gasteiger partial charge on any atom is -0.379 e. The van der Waals surface area contributed by atoms with Crippen LogP contribution in [-0.2, 0) is 11.2 Å². The lowest BCUT2D eigenvalue weighted by Gasteiger charge is -2.29. The van der Waals surface area contributed by atoms with Crippen molar-refractivity contribution in [2.45, 2.75) is 12.8 Å². The molecule has 0 aromatic carbocycles. The first-order chi connectivity index (χ1) is 13.3. The number of hydrogen-bond donors (Lipinski definition) is 1. The topological polar surface area (TPSA) is 70.3 Å². The van der Waals surface area contributed by atoms with E-state index in [2.05, 4.69) is 30.3 Å². The maximum absolute atomic E-state index is 5.45. The predicted octanol–water partition coefficient (Wildman–Crippen LogP) is 1.12. The van der Waals surface area contributed by atoms with Gasteiger partial charge in [-0.15, -0.1) is 34.2 Å². The fourth-order valence-corrected chi connectivity index (χ4v) is 4.00. The number of pyridine rings is 1. The summed E-state index contributed by atoms with van der Waals surface area (Å²) in [5.74, 6) is 2.68. The number of guanidine groups is 1. The van der Waals surface area contributed by atoms with E-state index in [1.54, 1.807) is 0 Å². The fraction of sp³-hybridized carbons (Fsp3) is 0.632. The van der Waals surface area contributed by atoms with Crippen LogP contribution in [0.1, 0.15) is 12.2 Å². The molecule has 9 heteroatoms. The van der Waals surface area contributed by atoms with Crippen LogP contribution < -0.4 is 5.32 Å². The number of morpholine rings is 1. The SMILES string of the molecule is CN=C(NCCc1nnc2ccccn12)N1CCC(CN2CCOCC2)C1.I. The molecule has 2 saturated heterocycles. The van der Waals surface area contributed by atoms with Gasteiger partial charge in [-0.1, -0.05) is 6.07 Å². The van der Waals surface area contributed by atoms with E-state index < -0.39 is 0 Å². The highest BCUT2D eigenvalue weighted by Gasteiger charge is 2.27. The number of aromatic nitrogens is 3. The van der Waals surface area contributed by atoms with Crippen molar-refractivity contribution < 1.29 is 4.74 Å². The summed E-state index contributed by atoms with van der Waals surface area (Å²) in [6, 6.07) is 5.96. The molecule has 4 rings (SSSR count). The van der Waals surface area contributed by atoms with Crippen LogP contribution >= 0.6 is 24.0 Å². The first-order valence-electron chi connectivity index (χ1n) is 9.88. The fourth-order valence-electron chi connectivity index (χ4n) is 4.00. The van der Waals surface area contributed by atoms with Crippen molar-refractivity contribution in [3.05, 3.63) is 30.2 Å². The summed E-state index contributed by atoms with van der Waals surface area (Å²) >= 11 is 0. The molecule has 154 valence electrons. The lowest BCUT2D eigenvalue weighted by atomic mass is 10.1. The van der Waals surface area contributed by atoms with Crippen LogP contribution in [0.15, 0.2) is 29.4 Å². The number of nitrogens with zero attached hydrogens (tertiary/aromatic N) is 6. The van der Waals surface area contributed by atoms with Gasteiger partial charge < -0.3 is 15.0 Å². The Labute approximate surface area is 183 Å². The Morgan fingerprint density at radius 1 is 1.25 bits per heavy atom. The van der Waals surface area contributed by atoms with E-state index in [0.717, 1.165) is 69.8 Å². The zero-order chi connectivity index (χ0) is 18.5. The molecule has 28 heavy (non-hydrogen) atoms. The Balaban J connectivity index is 0.00000225. The Morgan fingerprint density at radius 3 is 2.93 bits per heavy atom. The summed E-state index contributed by atoms with van der Waals surface area (Å²) in [5, 5.41) is 12.0. The monoisotopic (exact) mass is 499 g/mol. The summed E-state index contributed by atoms with van der Waals surface area (Å²) < 4.78 is 7.49. The number of aliphatic imine (C=N–C) groups is 1. The van der Waals surface area contributed by atoms with Crippen molar-refractivity contribution in [1.82, 2.24) is 29.7 Å². The van der Waals surface area contributed by atoms with Gasteiger partial charge in [0.1, 0.15) is 5.82 Å². The molecule has 2 aliphatic heterocycles. The average molecular weight is 499 g/mol. The molecule has 4 heterocycles. The van der Waals surface area contributed by atoms with E-state index in [1.165, 1.54) is 13.0 Å². The van der Waals surface area contributed by atoms with Gasteiger partial charge in [-0.25, -0.2) is 0 Å². The molecule has 1 atom stereocenters. The second kappa shape index (κ2) is 10.4. The summed E-state index contributed by atoms with van der Waals surface area (Å²) in [6.45, 7) is 7.99. The van der Waals surface area contributed by atoms with Crippen LogP contribution in [0.25, 0.3) is 5.65 Å². The maximum atomic E-state index is 5.45. The number of rotatable bonds is 5. The summed E-state index contributed by atoms with van der Waals surface area (Å²) in [5.41, 5.74) is 0.891. The van der Waals surface area contributed by atoms with Crippen LogP contribution in [0.4, 0.5) is 0 Å². The molecule has 2 aromatic heterocycles. The van der Waals surface area contributed by atoms with Gasteiger partial charge >= 0.3 is 0 Å². The van der Waals surface area contributed by atoms with Crippen LogP contribution in [0.3, 0.4) is 0 Å². The second-order valence-electron chi connectivity index (χ2n) is 7.28. The largest absolute Gasteiger partial charge is 0.379 e. The van der Waals surface area contributed by atoms with Gasteiger partial charge in [-0.2, -0.15) is 0 Å². The third-order valence-electron chi connectivity index (χ3n) is 5.43. The molecular weight excluding hydrogens is 469 g/mol. The summed E-state index contributed by atoms with van der Waals surface area (Å²) in [6.07, 6.45) is 4.05. The van der Waals surface area contributed by atoms with Crippen molar-refractivity contribution in [3.63, 3.8) is 0 Å². The molecule has 0 radical (unpaired) electrons. The van der Waals surface area contributed by atoms with Gasteiger partial charge in [0.15, 0.2) is 11.6 Å². The molecule has 1 N–H and O–H groups in total. The quantitative estimate of drug-likeness (QED) is 0.378. The van der Waals surface area contributed by atoms with Crippen molar-refractivity contribution in [2.75, 3.05) is 59.5 Å². The van der Waals surface area contributed by atoms with Crippen molar-refractivity contribution in [1.29, 1.82) is 0 Å². The minimum absolute atomic E-state index is 0. The van der Waals surface area contributed by atoms with E-state index >= 15 is 0 Å². The Kier molecular flexibility index (Phi) is 7.86. The van der Waals surface area contributed by atoms with Crippen molar-refractivity contribution in [3.8, 4) is 0 Å². The molecule has 0 saturated carbocycles. The van der Waals surface area contributed by atoms with Gasteiger partial charge in [-0.05, 0) is 24.5 Å². The molecule has 1 unspecified atom stereocenters. The van der Waals surface area contributed by atoms with Gasteiger partial charge in [0.2, 0.25) is 0 Å². The third kappa shape index (κ3) is 5.12. The van der Waals surface area contributed by atoms with Crippen LogP contribution in [0.2, 0.25) is 0 Å². The summed E-state index contributed by atoms with van der Waals surface area (Å²) in [7, 11) is 1.87. The van der Waals surface area contributed by atoms with E-state index in [4.69, 9.17) is 4.74 Å². The molecule has 0 amide bonds. The molecule has 0 spiro atoms. The Hall–Kier alpha value is -1.46. The number of hydrogen-bond acceptors (Lipinski definition) is 5. The summed E-state index contributed by atoms with van der Waals surface area (Å²) in [4.78, 5) is 9.40. The van der Waals surface area contributed by atoms with E-state index in [-0.39, 0.29) is 24.0 Å². The van der Waals surface area contributed by atoms with E-state index in [9.17, 15) is 0 Å². The lowest BCUT2D eigenvalue weighted by Crippen LogP contribution is -2.42. The molecular formula is C19H30IN7O. The second-order valence-corrected chi connectivity index (χ2v) is 7.28. The zero-order valence-electron chi connectivity index (χ0n) is 16.5. The minimum atomic E-state index is 0. The van der Waals surface area contributed by atoms with Crippen LogP contribution in [0, 0.1) is 5.92 Å². The van der Waals surface area contributed by atoms with Crippen LogP contribution in [-0.4, -0.2) is 89.9 Å². The van der Waals surface area contributed by atoms with Gasteiger partial charge in [0, 0.05) is 58.9 Å². The lowest BCUT2D eigenvalue weighted by molar-refractivity contribution is 0.0315. The highest BCUT2D eigenvalue weighted by molar-refractivity contribution is 14.0. The standard InChI is InChI=1S/C19H29N7O.HI/c1-20-19(21-7-5-18-23-22-17-4-2-3-8-26(17)18)25-9-6-16(15-25)14-24-10-12-27-13-11-24;/h2-4,8,16H,5-7,9-15H2,1H3,(H,20,21);1H. The normalized spacial score (nSPS) is 21.1. The molecule has 2 fully saturated rings. The number of ether oxygens (including phenoxy) is 1. The highest BCUT2D eigenvalue weighted by Crippen LogP contribution is 2.18. The Morgan fingerprint density at radius 2 is 2.11 bits per heavy atom. The van der Waals surface area contributed by atoms with Gasteiger partial charge in [0.25, 0.3) is 0 Å². The zero-order valence-corrected chi connectivity index (χ0v) is 18.8. The van der Waals surface area contributed by atoms with Crippen molar-refractivity contribution in [2.24, 2.45) is 10.9 Å². The smallest absolute Gasteiger partial charge is 0.193 e. The molecule has 8 nitrogen and oxygen atoms in total. The first kappa shape index (κ1) is 21.3. The van der Waals surface area contributed by atoms with Gasteiger partial charge in [-0.3, -0.25) is 14.3 Å². The number of nitrogens with one attached hydrogen (secondary N) is 1. The average Bonchev–Trinajstić information content (AvgIpc) is 3.33. The molecule has 0 aliphatic carbocycles. The van der Waals surface area contributed by atoms with Gasteiger partial charge in [0.05, 0.1) is 13.2 Å². The van der Waals surface area contributed by atoms with Crippen molar-refractivity contribution >= 4 is 35.6 Å². The predicted molar refractivity (Wildman–Crippen MR) is 120 cm³/mol.